The van der Waals surface area contributed by atoms with Gasteiger partial charge in [0.05, 0.1) is 6.04 Å². The first-order valence-electron chi connectivity index (χ1n) is 6.02. The van der Waals surface area contributed by atoms with E-state index in [1.54, 1.807) is 13.8 Å². The number of urea groups is 1. The molecule has 1 atom stereocenters. The second kappa shape index (κ2) is 5.70. The Labute approximate surface area is 105 Å². The lowest BCUT2D eigenvalue weighted by atomic mass is 9.93. The maximum absolute atomic E-state index is 11.7. The van der Waals surface area contributed by atoms with Crippen LogP contribution in [0.1, 0.15) is 33.1 Å². The van der Waals surface area contributed by atoms with Crippen molar-refractivity contribution in [3.8, 4) is 0 Å². The molecule has 0 spiro atoms. The van der Waals surface area contributed by atoms with Gasteiger partial charge in [-0.25, -0.2) is 9.59 Å². The maximum atomic E-state index is 11.7. The largest absolute Gasteiger partial charge is 0.480 e. The Morgan fingerprint density at radius 3 is 2.44 bits per heavy atom. The molecule has 0 aliphatic carbocycles. The van der Waals surface area contributed by atoms with Crippen LogP contribution in [0.3, 0.4) is 0 Å². The van der Waals surface area contributed by atoms with Crippen molar-refractivity contribution in [2.24, 2.45) is 0 Å². The molecule has 0 saturated carbocycles. The molecule has 1 aliphatic rings. The second-order valence-corrected chi connectivity index (χ2v) is 4.40. The number of rotatable bonds is 5. The van der Waals surface area contributed by atoms with Crippen LogP contribution >= 0.6 is 0 Å². The molecule has 0 bridgehead atoms. The zero-order valence-corrected chi connectivity index (χ0v) is 10.6. The smallest absolute Gasteiger partial charge is 0.329 e. The highest BCUT2D eigenvalue weighted by Crippen LogP contribution is 2.15. The van der Waals surface area contributed by atoms with Gasteiger partial charge in [-0.1, -0.05) is 13.8 Å². The van der Waals surface area contributed by atoms with E-state index in [2.05, 4.69) is 16.0 Å². The van der Waals surface area contributed by atoms with Crippen LogP contribution in [0.4, 0.5) is 4.79 Å². The van der Waals surface area contributed by atoms with Gasteiger partial charge in [-0.15, -0.1) is 0 Å². The molecule has 7 heteroatoms. The fraction of sp³-hybridized carbons (Fsp3) is 0.727. The van der Waals surface area contributed by atoms with Crippen LogP contribution in [0.2, 0.25) is 0 Å². The minimum Gasteiger partial charge on any atom is -0.480 e. The predicted octanol–water partition coefficient (Wildman–Crippen LogP) is -0.182. The monoisotopic (exact) mass is 257 g/mol. The number of aliphatic carboxylic acids is 1. The van der Waals surface area contributed by atoms with Crippen LogP contribution in [0.5, 0.6) is 0 Å². The molecule has 18 heavy (non-hydrogen) atoms. The van der Waals surface area contributed by atoms with Crippen molar-refractivity contribution < 1.29 is 19.5 Å². The first kappa shape index (κ1) is 14.3. The summed E-state index contributed by atoms with van der Waals surface area (Å²) in [7, 11) is 0. The van der Waals surface area contributed by atoms with Gasteiger partial charge in [0.25, 0.3) is 0 Å². The molecular weight excluding hydrogens is 238 g/mol. The normalized spacial score (nSPS) is 19.2. The molecular formula is C11H19N3O4. The summed E-state index contributed by atoms with van der Waals surface area (Å²) < 4.78 is 0. The molecule has 1 rings (SSSR count). The fourth-order valence-corrected chi connectivity index (χ4v) is 1.93. The SMILES string of the molecule is CCC(CC)(NC(=O)NC1CNC(=O)C1)C(=O)O. The number of carbonyl (C=O) groups is 3. The minimum atomic E-state index is -1.25. The van der Waals surface area contributed by atoms with E-state index in [1.165, 1.54) is 0 Å². The van der Waals surface area contributed by atoms with E-state index in [-0.39, 0.29) is 18.4 Å². The molecule has 1 heterocycles. The van der Waals surface area contributed by atoms with E-state index < -0.39 is 17.5 Å². The van der Waals surface area contributed by atoms with Crippen LogP contribution in [-0.2, 0) is 9.59 Å². The highest BCUT2D eigenvalue weighted by atomic mass is 16.4. The van der Waals surface area contributed by atoms with Gasteiger partial charge in [0.15, 0.2) is 0 Å². The van der Waals surface area contributed by atoms with Crippen LogP contribution in [0.25, 0.3) is 0 Å². The molecule has 1 aliphatic heterocycles. The number of amides is 3. The highest BCUT2D eigenvalue weighted by molar-refractivity contribution is 5.87. The third-order valence-corrected chi connectivity index (χ3v) is 3.28. The van der Waals surface area contributed by atoms with Crippen molar-refractivity contribution in [2.75, 3.05) is 6.54 Å². The molecule has 4 N–H and O–H groups in total. The van der Waals surface area contributed by atoms with Crippen LogP contribution < -0.4 is 16.0 Å². The number of carboxylic acids is 1. The Hall–Kier alpha value is -1.79. The van der Waals surface area contributed by atoms with E-state index >= 15 is 0 Å². The summed E-state index contributed by atoms with van der Waals surface area (Å²) >= 11 is 0. The zero-order chi connectivity index (χ0) is 13.8. The summed E-state index contributed by atoms with van der Waals surface area (Å²) in [5, 5.41) is 16.8. The van der Waals surface area contributed by atoms with Gasteiger partial charge in [0.1, 0.15) is 5.54 Å². The van der Waals surface area contributed by atoms with Gasteiger partial charge < -0.3 is 21.1 Å². The average molecular weight is 257 g/mol. The van der Waals surface area contributed by atoms with Gasteiger partial charge in [-0.05, 0) is 12.8 Å². The molecule has 1 unspecified atom stereocenters. The molecule has 0 radical (unpaired) electrons. The molecule has 0 aromatic rings. The van der Waals surface area contributed by atoms with Crippen molar-refractivity contribution in [1.29, 1.82) is 0 Å². The van der Waals surface area contributed by atoms with Gasteiger partial charge in [0, 0.05) is 13.0 Å². The number of hydrogen-bond acceptors (Lipinski definition) is 3. The van der Waals surface area contributed by atoms with Gasteiger partial charge in [-0.3, -0.25) is 4.79 Å². The standard InChI is InChI=1S/C11H19N3O4/c1-3-11(4-2,9(16)17)14-10(18)13-7-5-8(15)12-6-7/h7H,3-6H2,1-2H3,(H,12,15)(H,16,17)(H2,13,14,18). The van der Waals surface area contributed by atoms with Crippen LogP contribution in [0.15, 0.2) is 0 Å². The van der Waals surface area contributed by atoms with Crippen molar-refractivity contribution >= 4 is 17.9 Å². The van der Waals surface area contributed by atoms with Crippen LogP contribution in [0, 0.1) is 0 Å². The first-order valence-corrected chi connectivity index (χ1v) is 6.02. The number of carbonyl (C=O) groups excluding carboxylic acids is 2. The van der Waals surface area contributed by atoms with E-state index in [1.807, 2.05) is 0 Å². The van der Waals surface area contributed by atoms with E-state index in [4.69, 9.17) is 5.11 Å². The summed E-state index contributed by atoms with van der Waals surface area (Å²) in [5.74, 6) is -1.17. The van der Waals surface area contributed by atoms with Crippen molar-refractivity contribution in [3.05, 3.63) is 0 Å². The predicted molar refractivity (Wildman–Crippen MR) is 64.0 cm³/mol. The molecule has 0 aromatic heterocycles. The molecule has 7 nitrogen and oxygen atoms in total. The lowest BCUT2D eigenvalue weighted by Crippen LogP contribution is -2.58. The summed E-state index contributed by atoms with van der Waals surface area (Å²) in [6.07, 6.45) is 0.827. The number of nitrogens with one attached hydrogen (secondary N) is 3. The molecule has 102 valence electrons. The van der Waals surface area contributed by atoms with Crippen LogP contribution in [-0.4, -0.2) is 41.1 Å². The molecule has 1 saturated heterocycles. The fourth-order valence-electron chi connectivity index (χ4n) is 1.93. The highest BCUT2D eigenvalue weighted by Gasteiger charge is 2.37. The maximum Gasteiger partial charge on any atom is 0.329 e. The minimum absolute atomic E-state index is 0.115. The Kier molecular flexibility index (Phi) is 4.52. The van der Waals surface area contributed by atoms with Crippen molar-refractivity contribution in [2.45, 2.75) is 44.7 Å². The number of carboxylic acid groups (broad SMARTS) is 1. The molecule has 0 aromatic carbocycles. The summed E-state index contributed by atoms with van der Waals surface area (Å²) in [6, 6.07) is -0.833. The Morgan fingerprint density at radius 1 is 1.44 bits per heavy atom. The molecule has 3 amide bonds. The Balaban J connectivity index is 2.57. The molecule has 1 fully saturated rings. The van der Waals surface area contributed by atoms with Gasteiger partial charge >= 0.3 is 12.0 Å². The summed E-state index contributed by atoms with van der Waals surface area (Å²) in [4.78, 5) is 33.9. The number of hydrogen-bond donors (Lipinski definition) is 4. The summed E-state index contributed by atoms with van der Waals surface area (Å²) in [6.45, 7) is 3.79. The lowest BCUT2D eigenvalue weighted by Gasteiger charge is -2.28. The average Bonchev–Trinajstić information content (AvgIpc) is 2.71. The van der Waals surface area contributed by atoms with Gasteiger partial charge in [0.2, 0.25) is 5.91 Å². The second-order valence-electron chi connectivity index (χ2n) is 4.40. The van der Waals surface area contributed by atoms with E-state index in [0.29, 0.717) is 19.4 Å². The van der Waals surface area contributed by atoms with Gasteiger partial charge in [-0.2, -0.15) is 0 Å². The lowest BCUT2D eigenvalue weighted by molar-refractivity contribution is -0.144. The van der Waals surface area contributed by atoms with Crippen molar-refractivity contribution in [3.63, 3.8) is 0 Å². The van der Waals surface area contributed by atoms with Crippen molar-refractivity contribution in [1.82, 2.24) is 16.0 Å². The third kappa shape index (κ3) is 3.12. The Bertz CT molecular complexity index is 352. The Morgan fingerprint density at radius 2 is 2.06 bits per heavy atom. The first-order chi connectivity index (χ1) is 8.43. The topological polar surface area (TPSA) is 108 Å². The summed E-state index contributed by atoms with van der Waals surface area (Å²) in [5.41, 5.74) is -1.25. The van der Waals surface area contributed by atoms with E-state index in [9.17, 15) is 14.4 Å². The zero-order valence-electron chi connectivity index (χ0n) is 10.6. The van der Waals surface area contributed by atoms with E-state index in [0.717, 1.165) is 0 Å². The quantitative estimate of drug-likeness (QED) is 0.548. The third-order valence-electron chi connectivity index (χ3n) is 3.28.